The molecular formula is C26H27Cl2N3O3S. The normalized spacial score (nSPS) is 14.2. The van der Waals surface area contributed by atoms with Gasteiger partial charge >= 0.3 is 0 Å². The Morgan fingerprint density at radius 2 is 1.74 bits per heavy atom. The molecular weight excluding hydrogens is 505 g/mol. The van der Waals surface area contributed by atoms with E-state index < -0.39 is 0 Å². The summed E-state index contributed by atoms with van der Waals surface area (Å²) < 4.78 is 7.32. The van der Waals surface area contributed by atoms with Crippen molar-refractivity contribution in [1.29, 1.82) is 0 Å². The Hall–Kier alpha value is -2.32. The maximum atomic E-state index is 13.7. The van der Waals surface area contributed by atoms with Crippen molar-refractivity contribution < 1.29 is 14.3 Å². The lowest BCUT2D eigenvalue weighted by Gasteiger charge is -2.27. The largest absolute Gasteiger partial charge is 0.469 e. The van der Waals surface area contributed by atoms with Gasteiger partial charge in [-0.1, -0.05) is 53.0 Å². The second-order valence-electron chi connectivity index (χ2n) is 8.57. The first-order valence-electron chi connectivity index (χ1n) is 11.3. The summed E-state index contributed by atoms with van der Waals surface area (Å²) in [6.45, 7) is 5.96. The Balaban J connectivity index is 1.59. The van der Waals surface area contributed by atoms with Crippen LogP contribution in [-0.2, 0) is 13.6 Å². The Morgan fingerprint density at radius 1 is 1.06 bits per heavy atom. The molecule has 35 heavy (non-hydrogen) atoms. The van der Waals surface area contributed by atoms with E-state index >= 15 is 0 Å². The minimum Gasteiger partial charge on any atom is -0.469 e. The van der Waals surface area contributed by atoms with Crippen molar-refractivity contribution >= 4 is 46.5 Å². The molecule has 2 heterocycles. The SMILES string of the molecule is Cc1ccc(C(=O)COc2c(C(=O)c3ccc(Cl)c(CN4CCSCC4)c3Cl)c(C)nn2C)cc1. The summed E-state index contributed by atoms with van der Waals surface area (Å²) in [4.78, 5) is 28.6. The molecule has 1 aliphatic heterocycles. The van der Waals surface area contributed by atoms with Gasteiger partial charge in [0.15, 0.2) is 12.4 Å². The maximum Gasteiger partial charge on any atom is 0.223 e. The van der Waals surface area contributed by atoms with Gasteiger partial charge in [-0.25, -0.2) is 4.68 Å². The third-order valence-electron chi connectivity index (χ3n) is 6.03. The van der Waals surface area contributed by atoms with E-state index in [1.165, 1.54) is 4.68 Å². The predicted octanol–water partition coefficient (Wildman–Crippen LogP) is 5.39. The molecule has 9 heteroatoms. The number of halogens is 2. The summed E-state index contributed by atoms with van der Waals surface area (Å²) in [5.41, 5.74) is 3.47. The number of ketones is 2. The highest BCUT2D eigenvalue weighted by molar-refractivity contribution is 7.99. The van der Waals surface area contributed by atoms with Gasteiger partial charge in [0, 0.05) is 59.9 Å². The van der Waals surface area contributed by atoms with Crippen LogP contribution >= 0.6 is 35.0 Å². The van der Waals surface area contributed by atoms with Crippen LogP contribution in [0.2, 0.25) is 10.0 Å². The monoisotopic (exact) mass is 531 g/mol. The molecule has 0 amide bonds. The quantitative estimate of drug-likeness (QED) is 0.363. The highest BCUT2D eigenvalue weighted by Crippen LogP contribution is 2.34. The van der Waals surface area contributed by atoms with E-state index in [1.807, 2.05) is 30.8 Å². The lowest BCUT2D eigenvalue weighted by molar-refractivity contribution is 0.0908. The van der Waals surface area contributed by atoms with Gasteiger partial charge in [0.2, 0.25) is 11.7 Å². The molecule has 1 fully saturated rings. The number of benzene rings is 2. The van der Waals surface area contributed by atoms with E-state index in [9.17, 15) is 9.59 Å². The van der Waals surface area contributed by atoms with Gasteiger partial charge in [0.1, 0.15) is 5.56 Å². The van der Waals surface area contributed by atoms with Gasteiger partial charge in [0.25, 0.3) is 0 Å². The molecule has 0 atom stereocenters. The van der Waals surface area contributed by atoms with Crippen molar-refractivity contribution in [2.24, 2.45) is 7.05 Å². The molecule has 0 saturated carbocycles. The van der Waals surface area contributed by atoms with Crippen LogP contribution in [0.1, 0.15) is 43.1 Å². The third kappa shape index (κ3) is 5.75. The van der Waals surface area contributed by atoms with Crippen molar-refractivity contribution in [2.45, 2.75) is 20.4 Å². The predicted molar refractivity (Wildman–Crippen MR) is 141 cm³/mol. The molecule has 1 aromatic heterocycles. The average Bonchev–Trinajstić information content (AvgIpc) is 3.13. The van der Waals surface area contributed by atoms with E-state index in [0.717, 1.165) is 35.7 Å². The number of carbonyl (C=O) groups excluding carboxylic acids is 2. The highest BCUT2D eigenvalue weighted by Gasteiger charge is 2.27. The summed E-state index contributed by atoms with van der Waals surface area (Å²) in [6.07, 6.45) is 0. The fraction of sp³-hybridized carbons (Fsp3) is 0.346. The summed E-state index contributed by atoms with van der Waals surface area (Å²) in [7, 11) is 1.68. The zero-order valence-electron chi connectivity index (χ0n) is 19.9. The number of carbonyl (C=O) groups is 2. The third-order valence-corrected chi connectivity index (χ3v) is 7.75. The first kappa shape index (κ1) is 25.8. The molecule has 3 aromatic rings. The molecule has 184 valence electrons. The van der Waals surface area contributed by atoms with E-state index in [1.54, 1.807) is 38.2 Å². The zero-order valence-corrected chi connectivity index (χ0v) is 22.3. The number of ether oxygens (including phenoxy) is 1. The molecule has 0 N–H and O–H groups in total. The van der Waals surface area contributed by atoms with E-state index in [-0.39, 0.29) is 29.6 Å². The number of aromatic nitrogens is 2. The molecule has 1 saturated heterocycles. The zero-order chi connectivity index (χ0) is 25.1. The van der Waals surface area contributed by atoms with Crippen LogP contribution in [0.4, 0.5) is 0 Å². The topological polar surface area (TPSA) is 64.4 Å². The molecule has 0 radical (unpaired) electrons. The van der Waals surface area contributed by atoms with E-state index in [0.29, 0.717) is 33.4 Å². The van der Waals surface area contributed by atoms with Crippen LogP contribution in [0.25, 0.3) is 0 Å². The van der Waals surface area contributed by atoms with E-state index in [4.69, 9.17) is 27.9 Å². The minimum atomic E-state index is -0.314. The number of thioether (sulfide) groups is 1. The highest BCUT2D eigenvalue weighted by atomic mass is 35.5. The fourth-order valence-electron chi connectivity index (χ4n) is 4.06. The van der Waals surface area contributed by atoms with Gasteiger partial charge in [0.05, 0.1) is 10.7 Å². The Labute approximate surface area is 219 Å². The molecule has 0 bridgehead atoms. The molecule has 6 nitrogen and oxygen atoms in total. The van der Waals surface area contributed by atoms with Gasteiger partial charge < -0.3 is 4.74 Å². The van der Waals surface area contributed by atoms with Gasteiger partial charge in [-0.05, 0) is 26.0 Å². The number of rotatable bonds is 8. The lowest BCUT2D eigenvalue weighted by atomic mass is 10.0. The van der Waals surface area contributed by atoms with E-state index in [2.05, 4.69) is 10.00 Å². The minimum absolute atomic E-state index is 0.186. The Kier molecular flexibility index (Phi) is 8.22. The van der Waals surface area contributed by atoms with Crippen LogP contribution in [-0.4, -0.2) is 57.4 Å². The molecule has 2 aromatic carbocycles. The van der Waals surface area contributed by atoms with Crippen LogP contribution in [0.15, 0.2) is 36.4 Å². The summed E-state index contributed by atoms with van der Waals surface area (Å²) in [5.74, 6) is 1.85. The Morgan fingerprint density at radius 3 is 2.43 bits per heavy atom. The smallest absolute Gasteiger partial charge is 0.223 e. The van der Waals surface area contributed by atoms with Gasteiger partial charge in [-0.15, -0.1) is 0 Å². The number of hydrogen-bond donors (Lipinski definition) is 0. The molecule has 0 spiro atoms. The van der Waals surface area contributed by atoms with Crippen molar-refractivity contribution in [3.8, 4) is 5.88 Å². The van der Waals surface area contributed by atoms with Crippen molar-refractivity contribution in [2.75, 3.05) is 31.2 Å². The second kappa shape index (κ2) is 11.2. The van der Waals surface area contributed by atoms with Crippen LogP contribution in [0.3, 0.4) is 0 Å². The number of nitrogens with zero attached hydrogens (tertiary/aromatic N) is 3. The van der Waals surface area contributed by atoms with Crippen LogP contribution in [0, 0.1) is 13.8 Å². The first-order chi connectivity index (χ1) is 16.8. The van der Waals surface area contributed by atoms with Crippen molar-refractivity contribution in [3.05, 3.63) is 80.0 Å². The molecule has 1 aliphatic rings. The summed E-state index contributed by atoms with van der Waals surface area (Å²) in [6, 6.07) is 10.6. The Bertz CT molecular complexity index is 1250. The van der Waals surface area contributed by atoms with Crippen LogP contribution < -0.4 is 4.74 Å². The standard InChI is InChI=1S/C26H27Cl2N3O3S/c1-16-4-6-18(7-5-16)22(32)15-34-26-23(17(2)29-30(26)3)25(33)19-8-9-21(27)20(24(19)28)14-31-10-12-35-13-11-31/h4-9H,10-15H2,1-3H3. The number of aryl methyl sites for hydroxylation is 3. The number of hydrogen-bond acceptors (Lipinski definition) is 6. The second-order valence-corrected chi connectivity index (χ2v) is 10.6. The van der Waals surface area contributed by atoms with Crippen LogP contribution in [0.5, 0.6) is 5.88 Å². The molecule has 4 rings (SSSR count). The fourth-order valence-corrected chi connectivity index (χ4v) is 5.61. The maximum absolute atomic E-state index is 13.7. The summed E-state index contributed by atoms with van der Waals surface area (Å²) >= 11 is 15.2. The molecule has 0 aliphatic carbocycles. The first-order valence-corrected chi connectivity index (χ1v) is 13.2. The lowest BCUT2D eigenvalue weighted by Crippen LogP contribution is -2.32. The van der Waals surface area contributed by atoms with Gasteiger partial charge in [-0.2, -0.15) is 16.9 Å². The number of Topliss-reactive ketones (excluding diaryl/α,β-unsaturated/α-hetero) is 1. The van der Waals surface area contributed by atoms with Crippen molar-refractivity contribution in [1.82, 2.24) is 14.7 Å². The van der Waals surface area contributed by atoms with Gasteiger partial charge in [-0.3, -0.25) is 14.5 Å². The molecule has 0 unspecified atom stereocenters. The summed E-state index contributed by atoms with van der Waals surface area (Å²) in [5, 5.41) is 5.24. The average molecular weight is 532 g/mol. The van der Waals surface area contributed by atoms with Crippen molar-refractivity contribution in [3.63, 3.8) is 0 Å².